The van der Waals surface area contributed by atoms with Crippen LogP contribution in [0.1, 0.15) is 37.0 Å². The van der Waals surface area contributed by atoms with E-state index in [2.05, 4.69) is 10.6 Å². The summed E-state index contributed by atoms with van der Waals surface area (Å²) in [6, 6.07) is 16.7. The number of aliphatic hydroxyl groups excluding tert-OH is 1. The molecule has 0 bridgehead atoms. The van der Waals surface area contributed by atoms with Gasteiger partial charge in [0, 0.05) is 37.0 Å². The predicted octanol–water partition coefficient (Wildman–Crippen LogP) is 5.50. The molecule has 3 aromatic rings. The minimum atomic E-state index is -4.47. The number of urea groups is 1. The number of rotatable bonds is 8. The van der Waals surface area contributed by atoms with Crippen LogP contribution in [0.3, 0.4) is 0 Å². The lowest BCUT2D eigenvalue weighted by Gasteiger charge is -2.38. The molecule has 43 heavy (non-hydrogen) atoms. The minimum Gasteiger partial charge on any atom is -0.487 e. The van der Waals surface area contributed by atoms with Crippen LogP contribution < -0.4 is 15.4 Å². The lowest BCUT2D eigenvalue weighted by molar-refractivity contribution is -0.142. The Kier molecular flexibility index (Phi) is 9.80. The zero-order chi connectivity index (χ0) is 31.3. The summed E-state index contributed by atoms with van der Waals surface area (Å²) in [6.45, 7) is 3.62. The van der Waals surface area contributed by atoms with Crippen LogP contribution in [0.5, 0.6) is 5.75 Å². The van der Waals surface area contributed by atoms with Crippen molar-refractivity contribution < 1.29 is 37.4 Å². The van der Waals surface area contributed by atoms with Gasteiger partial charge < -0.3 is 30.3 Å². The number of amides is 4. The van der Waals surface area contributed by atoms with Crippen LogP contribution in [0.4, 0.5) is 29.3 Å². The van der Waals surface area contributed by atoms with Crippen LogP contribution in [-0.2, 0) is 4.79 Å². The maximum Gasteiger partial charge on any atom is 0.389 e. The summed E-state index contributed by atoms with van der Waals surface area (Å²) < 4.78 is 43.9. The SMILES string of the molecule is C[C@H]1CN([C@@H](C)CO)C(=O)c2cc(NC(=O)CCC(F)(F)F)ccc2O[C@@H]1CN(C)C(=O)Nc1cccc2ccccc12. The molecule has 12 heteroatoms. The molecule has 0 saturated heterocycles. The van der Waals surface area contributed by atoms with E-state index in [1.807, 2.05) is 49.4 Å². The number of ether oxygens (including phenoxy) is 1. The van der Waals surface area contributed by atoms with Gasteiger partial charge in [0.05, 0.1) is 36.9 Å². The first-order valence-electron chi connectivity index (χ1n) is 13.9. The standard InChI is InChI=1S/C31H35F3N4O5/c1-19-16-38(20(2)18-39)29(41)24-15-22(35-28(40)13-14-31(32,33)34)11-12-26(24)43-27(19)17-37(3)30(42)36-25-10-6-8-21-7-4-5-9-23(21)25/h4-12,15,19-20,27,39H,13-14,16-18H2,1-3H3,(H,35,40)(H,36,42)/t19-,20-,27+/m0/s1. The van der Waals surface area contributed by atoms with Crippen LogP contribution in [0.2, 0.25) is 0 Å². The second kappa shape index (κ2) is 13.3. The van der Waals surface area contributed by atoms with Crippen molar-refractivity contribution in [3.05, 3.63) is 66.2 Å². The van der Waals surface area contributed by atoms with E-state index in [1.165, 1.54) is 28.0 Å². The van der Waals surface area contributed by atoms with Gasteiger partial charge in [-0.1, -0.05) is 43.3 Å². The molecule has 4 amide bonds. The van der Waals surface area contributed by atoms with Gasteiger partial charge in [-0.15, -0.1) is 0 Å². The molecule has 230 valence electrons. The number of nitrogens with zero attached hydrogens (tertiary/aromatic N) is 2. The van der Waals surface area contributed by atoms with E-state index < -0.39 is 43.0 Å². The molecule has 3 N–H and O–H groups in total. The summed E-state index contributed by atoms with van der Waals surface area (Å²) >= 11 is 0. The topological polar surface area (TPSA) is 111 Å². The zero-order valence-electron chi connectivity index (χ0n) is 24.1. The van der Waals surface area contributed by atoms with Gasteiger partial charge in [-0.2, -0.15) is 13.2 Å². The molecule has 4 rings (SSSR count). The van der Waals surface area contributed by atoms with Crippen molar-refractivity contribution >= 4 is 40.0 Å². The smallest absolute Gasteiger partial charge is 0.389 e. The Morgan fingerprint density at radius 1 is 1.12 bits per heavy atom. The van der Waals surface area contributed by atoms with Gasteiger partial charge in [0.2, 0.25) is 5.91 Å². The lowest BCUT2D eigenvalue weighted by Crippen LogP contribution is -2.50. The quantitative estimate of drug-likeness (QED) is 0.316. The first-order valence-corrected chi connectivity index (χ1v) is 13.9. The molecule has 9 nitrogen and oxygen atoms in total. The van der Waals surface area contributed by atoms with E-state index in [9.17, 15) is 32.7 Å². The average Bonchev–Trinajstić information content (AvgIpc) is 2.97. The molecule has 0 radical (unpaired) electrons. The molecule has 0 spiro atoms. The van der Waals surface area contributed by atoms with Gasteiger partial charge in [-0.3, -0.25) is 9.59 Å². The van der Waals surface area contributed by atoms with E-state index >= 15 is 0 Å². The van der Waals surface area contributed by atoms with Crippen molar-refractivity contribution in [1.29, 1.82) is 0 Å². The number of carbonyl (C=O) groups is 3. The molecular formula is C31H35F3N4O5. The number of fused-ring (bicyclic) bond motifs is 2. The highest BCUT2D eigenvalue weighted by atomic mass is 19.4. The third-order valence-electron chi connectivity index (χ3n) is 7.42. The molecule has 1 aliphatic heterocycles. The van der Waals surface area contributed by atoms with Crippen molar-refractivity contribution in [2.45, 2.75) is 45.0 Å². The van der Waals surface area contributed by atoms with E-state index in [1.54, 1.807) is 14.0 Å². The number of benzene rings is 3. The maximum absolute atomic E-state index is 13.6. The van der Waals surface area contributed by atoms with Crippen molar-refractivity contribution in [3.8, 4) is 5.75 Å². The number of nitrogens with one attached hydrogen (secondary N) is 2. The molecule has 0 unspecified atom stereocenters. The number of anilines is 2. The van der Waals surface area contributed by atoms with Crippen LogP contribution >= 0.6 is 0 Å². The normalized spacial score (nSPS) is 17.7. The molecular weight excluding hydrogens is 565 g/mol. The molecule has 1 aliphatic rings. The number of carbonyl (C=O) groups excluding carboxylic acids is 3. The van der Waals surface area contributed by atoms with Crippen molar-refractivity contribution in [2.75, 3.05) is 37.4 Å². The molecule has 0 fully saturated rings. The maximum atomic E-state index is 13.6. The highest BCUT2D eigenvalue weighted by Crippen LogP contribution is 2.31. The number of aliphatic hydroxyl groups is 1. The Balaban J connectivity index is 1.55. The predicted molar refractivity (Wildman–Crippen MR) is 157 cm³/mol. The van der Waals surface area contributed by atoms with Gasteiger partial charge in [0.1, 0.15) is 11.9 Å². The Labute approximate surface area is 247 Å². The minimum absolute atomic E-state index is 0.0775. The largest absolute Gasteiger partial charge is 0.487 e. The summed E-state index contributed by atoms with van der Waals surface area (Å²) in [4.78, 5) is 41.9. The second-order valence-electron chi connectivity index (χ2n) is 10.8. The van der Waals surface area contributed by atoms with Crippen molar-refractivity contribution in [2.24, 2.45) is 5.92 Å². The van der Waals surface area contributed by atoms with Gasteiger partial charge in [-0.25, -0.2) is 4.79 Å². The molecule has 0 aromatic heterocycles. The van der Waals surface area contributed by atoms with Crippen LogP contribution in [0, 0.1) is 5.92 Å². The molecule has 3 atom stereocenters. The Morgan fingerprint density at radius 3 is 2.56 bits per heavy atom. The highest BCUT2D eigenvalue weighted by molar-refractivity contribution is 6.02. The molecule has 1 heterocycles. The monoisotopic (exact) mass is 600 g/mol. The van der Waals surface area contributed by atoms with Gasteiger partial charge in [0.15, 0.2) is 0 Å². The fourth-order valence-corrected chi connectivity index (χ4v) is 4.89. The first kappa shape index (κ1) is 31.6. The molecule has 0 saturated carbocycles. The summed E-state index contributed by atoms with van der Waals surface area (Å²) in [7, 11) is 1.63. The fraction of sp³-hybridized carbons (Fsp3) is 0.387. The number of hydrogen-bond acceptors (Lipinski definition) is 5. The Morgan fingerprint density at radius 2 is 1.84 bits per heavy atom. The number of alkyl halides is 3. The summed E-state index contributed by atoms with van der Waals surface area (Å²) in [5.41, 5.74) is 0.871. The number of hydrogen-bond donors (Lipinski definition) is 3. The van der Waals surface area contributed by atoms with Crippen molar-refractivity contribution in [1.82, 2.24) is 9.80 Å². The van der Waals surface area contributed by atoms with E-state index in [4.69, 9.17) is 4.74 Å². The van der Waals surface area contributed by atoms with Crippen LogP contribution in [-0.4, -0.2) is 77.8 Å². The van der Waals surface area contributed by atoms with Crippen molar-refractivity contribution in [3.63, 3.8) is 0 Å². The van der Waals surface area contributed by atoms with E-state index in [-0.39, 0.29) is 48.6 Å². The van der Waals surface area contributed by atoms with Crippen LogP contribution in [0.15, 0.2) is 60.7 Å². The number of likely N-dealkylation sites (N-methyl/N-ethyl adjacent to an activating group) is 1. The second-order valence-corrected chi connectivity index (χ2v) is 10.8. The molecule has 3 aromatic carbocycles. The van der Waals surface area contributed by atoms with E-state index in [0.29, 0.717) is 5.69 Å². The fourth-order valence-electron chi connectivity index (χ4n) is 4.89. The highest BCUT2D eigenvalue weighted by Gasteiger charge is 2.34. The Bertz CT molecular complexity index is 1480. The molecule has 0 aliphatic carbocycles. The number of halogens is 3. The first-order chi connectivity index (χ1) is 20.4. The summed E-state index contributed by atoms with van der Waals surface area (Å²) in [5.74, 6) is -1.38. The zero-order valence-corrected chi connectivity index (χ0v) is 24.1. The van der Waals surface area contributed by atoms with Gasteiger partial charge in [-0.05, 0) is 36.6 Å². The summed E-state index contributed by atoms with van der Waals surface area (Å²) in [6.07, 6.45) is -7.07. The lowest BCUT2D eigenvalue weighted by atomic mass is 9.99. The van der Waals surface area contributed by atoms with Gasteiger partial charge >= 0.3 is 12.2 Å². The summed E-state index contributed by atoms with van der Waals surface area (Å²) in [5, 5.41) is 17.1. The van der Waals surface area contributed by atoms with E-state index in [0.717, 1.165) is 10.8 Å². The average molecular weight is 601 g/mol. The van der Waals surface area contributed by atoms with Gasteiger partial charge in [0.25, 0.3) is 5.91 Å². The van der Waals surface area contributed by atoms with Crippen LogP contribution in [0.25, 0.3) is 10.8 Å². The third kappa shape index (κ3) is 7.95. The third-order valence-corrected chi connectivity index (χ3v) is 7.42. The Hall–Kier alpha value is -4.32.